The van der Waals surface area contributed by atoms with E-state index in [1.165, 1.54) is 11.8 Å². The van der Waals surface area contributed by atoms with Crippen LogP contribution in [0.25, 0.3) is 0 Å². The van der Waals surface area contributed by atoms with Gasteiger partial charge in [0.05, 0.1) is 0 Å². The molecule has 2 aromatic rings. The van der Waals surface area contributed by atoms with Crippen LogP contribution in [0, 0.1) is 6.92 Å². The predicted molar refractivity (Wildman–Crippen MR) is 127 cm³/mol. The number of amides is 3. The molecule has 7 nitrogen and oxygen atoms in total. The molecule has 1 atom stereocenters. The second-order valence-corrected chi connectivity index (χ2v) is 9.14. The summed E-state index contributed by atoms with van der Waals surface area (Å²) in [5, 5.41) is 5.98. The van der Waals surface area contributed by atoms with Crippen LogP contribution in [0.4, 0.5) is 5.69 Å². The first-order valence-electron chi connectivity index (χ1n) is 10.8. The molecule has 1 saturated heterocycles. The molecule has 0 aliphatic carbocycles. The molecule has 0 radical (unpaired) electrons. The van der Waals surface area contributed by atoms with Gasteiger partial charge in [0.25, 0.3) is 11.8 Å². The van der Waals surface area contributed by atoms with Crippen LogP contribution in [-0.2, 0) is 16.1 Å². The molecule has 2 N–H and O–H groups in total. The van der Waals surface area contributed by atoms with Crippen molar-refractivity contribution < 1.29 is 14.4 Å². The van der Waals surface area contributed by atoms with Gasteiger partial charge >= 0.3 is 0 Å². The van der Waals surface area contributed by atoms with E-state index in [0.717, 1.165) is 42.2 Å². The van der Waals surface area contributed by atoms with Gasteiger partial charge in [-0.05, 0) is 55.2 Å². The van der Waals surface area contributed by atoms with Crippen LogP contribution in [0.2, 0.25) is 0 Å². The fourth-order valence-electron chi connectivity index (χ4n) is 3.72. The van der Waals surface area contributed by atoms with Gasteiger partial charge in [-0.15, -0.1) is 0 Å². The summed E-state index contributed by atoms with van der Waals surface area (Å²) in [5.74, 6) is -0.663. The molecule has 1 fully saturated rings. The number of likely N-dealkylation sites (tertiary alicyclic amines) is 1. The minimum atomic E-state index is -0.475. The average molecular weight is 451 g/mol. The molecule has 3 amide bonds. The summed E-state index contributed by atoms with van der Waals surface area (Å²) in [5.41, 5.74) is 3.30. The molecule has 0 unspecified atom stereocenters. The summed E-state index contributed by atoms with van der Waals surface area (Å²) in [6.45, 7) is 4.31. The Kier molecular flexibility index (Phi) is 6.90. The molecule has 2 heterocycles. The van der Waals surface area contributed by atoms with Gasteiger partial charge < -0.3 is 15.5 Å². The molecular weight excluding hydrogens is 424 g/mol. The first kappa shape index (κ1) is 22.1. The number of thioether (sulfide) groups is 1. The maximum absolute atomic E-state index is 12.4. The minimum Gasteiger partial charge on any atom is -0.351 e. The van der Waals surface area contributed by atoms with E-state index < -0.39 is 5.25 Å². The number of anilines is 1. The number of nitrogens with one attached hydrogen (secondary N) is 2. The van der Waals surface area contributed by atoms with Crippen LogP contribution in [0.15, 0.2) is 53.5 Å². The van der Waals surface area contributed by atoms with Gasteiger partial charge in [-0.2, -0.15) is 4.99 Å². The molecule has 2 aromatic carbocycles. The first-order valence-corrected chi connectivity index (χ1v) is 11.6. The van der Waals surface area contributed by atoms with Crippen LogP contribution in [0.5, 0.6) is 0 Å². The lowest BCUT2D eigenvalue weighted by Crippen LogP contribution is -2.25. The third kappa shape index (κ3) is 5.37. The van der Waals surface area contributed by atoms with Crippen molar-refractivity contribution in [2.45, 2.75) is 38.0 Å². The number of carbonyl (C=O) groups is 3. The summed E-state index contributed by atoms with van der Waals surface area (Å²) in [6.07, 6.45) is 2.29. The van der Waals surface area contributed by atoms with Gasteiger partial charge in [0.15, 0.2) is 5.17 Å². The second kappa shape index (κ2) is 9.99. The van der Waals surface area contributed by atoms with E-state index >= 15 is 0 Å². The average Bonchev–Trinajstić information content (AvgIpc) is 3.44. The lowest BCUT2D eigenvalue weighted by Gasteiger charge is -2.16. The molecule has 2 aliphatic heterocycles. The summed E-state index contributed by atoms with van der Waals surface area (Å²) in [7, 11) is 0. The molecule has 4 rings (SSSR count). The molecule has 0 aromatic heterocycles. The lowest BCUT2D eigenvalue weighted by molar-refractivity contribution is -0.121. The van der Waals surface area contributed by atoms with E-state index in [1.54, 1.807) is 24.3 Å². The topological polar surface area (TPSA) is 90.9 Å². The zero-order chi connectivity index (χ0) is 22.5. The van der Waals surface area contributed by atoms with Crippen molar-refractivity contribution in [2.75, 3.05) is 18.4 Å². The summed E-state index contributed by atoms with van der Waals surface area (Å²) < 4.78 is 0. The smallest absolute Gasteiger partial charge is 0.262 e. The molecule has 0 spiro atoms. The minimum absolute atomic E-state index is 0.0724. The van der Waals surface area contributed by atoms with Crippen molar-refractivity contribution in [3.63, 3.8) is 0 Å². The van der Waals surface area contributed by atoms with E-state index in [2.05, 4.69) is 20.5 Å². The predicted octanol–water partition coefficient (Wildman–Crippen LogP) is 3.35. The number of carbonyl (C=O) groups excluding carboxylic acids is 3. The molecule has 2 aliphatic rings. The Morgan fingerprint density at radius 2 is 1.81 bits per heavy atom. The Morgan fingerprint density at radius 3 is 2.53 bits per heavy atom. The van der Waals surface area contributed by atoms with Crippen molar-refractivity contribution in [2.24, 2.45) is 4.99 Å². The maximum atomic E-state index is 12.4. The Labute approximate surface area is 191 Å². The monoisotopic (exact) mass is 450 g/mol. The first-order chi connectivity index (χ1) is 15.5. The molecule has 32 heavy (non-hydrogen) atoms. The highest BCUT2D eigenvalue weighted by Gasteiger charge is 2.33. The SMILES string of the molecule is Cc1ccccc1CNC(=O)c1ccc(NC(=O)C[C@@H]2SC(N3CCCC3)=NC2=O)cc1. The Hall–Kier alpha value is -3.13. The van der Waals surface area contributed by atoms with Crippen molar-refractivity contribution in [1.29, 1.82) is 0 Å². The zero-order valence-electron chi connectivity index (χ0n) is 18.0. The fourth-order valence-corrected chi connectivity index (χ4v) is 4.84. The van der Waals surface area contributed by atoms with Gasteiger partial charge in [0.2, 0.25) is 5.91 Å². The molecule has 166 valence electrons. The molecule has 8 heteroatoms. The summed E-state index contributed by atoms with van der Waals surface area (Å²) in [6, 6.07) is 14.6. The Bertz CT molecular complexity index is 1050. The normalized spacial score (nSPS) is 17.9. The molecule has 0 saturated carbocycles. The molecule has 0 bridgehead atoms. The number of aliphatic imine (C=N–C) groups is 1. The maximum Gasteiger partial charge on any atom is 0.262 e. The number of hydrogen-bond acceptors (Lipinski definition) is 5. The highest BCUT2D eigenvalue weighted by Crippen LogP contribution is 2.29. The van der Waals surface area contributed by atoms with Crippen molar-refractivity contribution in [3.05, 3.63) is 65.2 Å². The van der Waals surface area contributed by atoms with Gasteiger partial charge in [0.1, 0.15) is 5.25 Å². The van der Waals surface area contributed by atoms with Crippen LogP contribution in [0.1, 0.15) is 40.7 Å². The highest BCUT2D eigenvalue weighted by molar-refractivity contribution is 8.15. The van der Waals surface area contributed by atoms with E-state index in [9.17, 15) is 14.4 Å². The third-order valence-corrected chi connectivity index (χ3v) is 6.82. The van der Waals surface area contributed by atoms with E-state index in [1.807, 2.05) is 31.2 Å². The number of benzene rings is 2. The van der Waals surface area contributed by atoms with Crippen LogP contribution in [-0.4, -0.2) is 46.1 Å². The lowest BCUT2D eigenvalue weighted by atomic mass is 10.1. The number of amidine groups is 1. The largest absolute Gasteiger partial charge is 0.351 e. The van der Waals surface area contributed by atoms with Gasteiger partial charge in [-0.25, -0.2) is 0 Å². The van der Waals surface area contributed by atoms with Gasteiger partial charge in [-0.1, -0.05) is 36.0 Å². The zero-order valence-corrected chi connectivity index (χ0v) is 18.8. The van der Waals surface area contributed by atoms with Crippen LogP contribution < -0.4 is 10.6 Å². The van der Waals surface area contributed by atoms with Crippen molar-refractivity contribution >= 4 is 40.3 Å². The van der Waals surface area contributed by atoms with E-state index in [0.29, 0.717) is 17.8 Å². The van der Waals surface area contributed by atoms with E-state index in [-0.39, 0.29) is 24.1 Å². The Balaban J connectivity index is 1.26. The number of rotatable bonds is 6. The molecular formula is C24H26N4O3S. The fraction of sp³-hybridized carbons (Fsp3) is 0.333. The van der Waals surface area contributed by atoms with E-state index in [4.69, 9.17) is 0 Å². The Morgan fingerprint density at radius 1 is 1.09 bits per heavy atom. The highest BCUT2D eigenvalue weighted by atomic mass is 32.2. The summed E-state index contributed by atoms with van der Waals surface area (Å²) in [4.78, 5) is 43.3. The van der Waals surface area contributed by atoms with Crippen LogP contribution in [0.3, 0.4) is 0 Å². The van der Waals surface area contributed by atoms with Crippen LogP contribution >= 0.6 is 11.8 Å². The standard InChI is InChI=1S/C24H26N4O3S/c1-16-6-2-3-7-18(16)15-25-22(30)17-8-10-19(11-9-17)26-21(29)14-20-23(31)27-24(32-20)28-12-4-5-13-28/h2-3,6-11,20H,4-5,12-15H2,1H3,(H,25,30)(H,26,29)/t20-/m0/s1. The number of nitrogens with zero attached hydrogens (tertiary/aromatic N) is 2. The van der Waals surface area contributed by atoms with Gasteiger partial charge in [0, 0.05) is 37.3 Å². The van der Waals surface area contributed by atoms with Crippen molar-refractivity contribution in [3.8, 4) is 0 Å². The number of aryl methyl sites for hydroxylation is 1. The van der Waals surface area contributed by atoms with Crippen molar-refractivity contribution in [1.82, 2.24) is 10.2 Å². The number of hydrogen-bond donors (Lipinski definition) is 2. The van der Waals surface area contributed by atoms with Gasteiger partial charge in [-0.3, -0.25) is 14.4 Å². The quantitative estimate of drug-likeness (QED) is 0.704. The second-order valence-electron chi connectivity index (χ2n) is 7.97. The summed E-state index contributed by atoms with van der Waals surface area (Å²) >= 11 is 1.38. The third-order valence-electron chi connectivity index (χ3n) is 5.61.